The molecule has 10 heteroatoms. The molecule has 0 radical (unpaired) electrons. The molecule has 0 fully saturated rings. The van der Waals surface area contributed by atoms with E-state index in [1.54, 1.807) is 23.6 Å². The van der Waals surface area contributed by atoms with Gasteiger partial charge in [0.1, 0.15) is 0 Å². The molecule has 0 saturated carbocycles. The Hall–Kier alpha value is -2.36. The minimum Gasteiger partial charge on any atom is -0.338 e. The fourth-order valence-electron chi connectivity index (χ4n) is 2.40. The molecule has 2 heterocycles. The van der Waals surface area contributed by atoms with Crippen molar-refractivity contribution < 1.29 is 18.0 Å². The van der Waals surface area contributed by atoms with Crippen LogP contribution in [0, 0.1) is 0 Å². The highest BCUT2D eigenvalue weighted by Gasteiger charge is 2.28. The fraction of sp³-hybridized carbons (Fsp3) is 0.533. The SMILES string of the molecule is CC(NC(=O)NCCCN(C)CC(F)(F)F)c1nnc2ccccn12. The molecule has 138 valence electrons. The second-order valence-electron chi connectivity index (χ2n) is 5.82. The molecule has 2 rings (SSSR count). The summed E-state index contributed by atoms with van der Waals surface area (Å²) in [7, 11) is 1.39. The molecule has 0 spiro atoms. The van der Waals surface area contributed by atoms with Crippen LogP contribution in [0.4, 0.5) is 18.0 Å². The summed E-state index contributed by atoms with van der Waals surface area (Å²) >= 11 is 0. The predicted octanol–water partition coefficient (Wildman–Crippen LogP) is 1.97. The van der Waals surface area contributed by atoms with Crippen molar-refractivity contribution in [2.75, 3.05) is 26.7 Å². The maximum Gasteiger partial charge on any atom is 0.401 e. The number of fused-ring (bicyclic) bond motifs is 1. The molecule has 7 nitrogen and oxygen atoms in total. The molecule has 2 N–H and O–H groups in total. The Morgan fingerprint density at radius 1 is 1.36 bits per heavy atom. The molecule has 0 saturated heterocycles. The quantitative estimate of drug-likeness (QED) is 0.742. The molecule has 0 aromatic carbocycles. The summed E-state index contributed by atoms with van der Waals surface area (Å²) in [6, 6.07) is 4.71. The number of nitrogens with one attached hydrogen (secondary N) is 2. The highest BCUT2D eigenvalue weighted by Crippen LogP contribution is 2.15. The van der Waals surface area contributed by atoms with E-state index in [4.69, 9.17) is 0 Å². The van der Waals surface area contributed by atoms with Crippen molar-refractivity contribution in [3.63, 3.8) is 0 Å². The Labute approximate surface area is 143 Å². The lowest BCUT2D eigenvalue weighted by molar-refractivity contribution is -0.143. The number of urea groups is 1. The van der Waals surface area contributed by atoms with Crippen LogP contribution < -0.4 is 10.6 Å². The van der Waals surface area contributed by atoms with Gasteiger partial charge in [-0.05, 0) is 39.1 Å². The lowest BCUT2D eigenvalue weighted by atomic mass is 10.3. The van der Waals surface area contributed by atoms with E-state index in [0.29, 0.717) is 17.9 Å². The molecule has 2 aromatic heterocycles. The highest BCUT2D eigenvalue weighted by atomic mass is 19.4. The topological polar surface area (TPSA) is 74.6 Å². The molecular formula is C15H21F3N6O. The Balaban J connectivity index is 1.73. The third-order valence-electron chi connectivity index (χ3n) is 3.53. The molecule has 1 unspecified atom stereocenters. The van der Waals surface area contributed by atoms with Crippen molar-refractivity contribution in [2.45, 2.75) is 25.6 Å². The summed E-state index contributed by atoms with van der Waals surface area (Å²) in [5, 5.41) is 13.4. The Kier molecular flexibility index (Phi) is 6.18. The van der Waals surface area contributed by atoms with E-state index in [-0.39, 0.29) is 19.1 Å². The first-order valence-electron chi connectivity index (χ1n) is 7.85. The number of aromatic nitrogens is 3. The van der Waals surface area contributed by atoms with E-state index < -0.39 is 18.8 Å². The number of carbonyl (C=O) groups excluding carboxylic acids is 1. The number of amides is 2. The second kappa shape index (κ2) is 8.15. The Morgan fingerprint density at radius 3 is 2.84 bits per heavy atom. The van der Waals surface area contributed by atoms with Crippen LogP contribution in [0.15, 0.2) is 24.4 Å². The van der Waals surface area contributed by atoms with Crippen LogP contribution in [0.2, 0.25) is 0 Å². The van der Waals surface area contributed by atoms with Crippen LogP contribution in [-0.2, 0) is 0 Å². The van der Waals surface area contributed by atoms with E-state index in [9.17, 15) is 18.0 Å². The summed E-state index contributed by atoms with van der Waals surface area (Å²) in [5.74, 6) is 0.593. The van der Waals surface area contributed by atoms with Gasteiger partial charge in [-0.1, -0.05) is 6.07 Å². The normalized spacial score (nSPS) is 13.2. The molecule has 2 aromatic rings. The van der Waals surface area contributed by atoms with Gasteiger partial charge in [0, 0.05) is 12.7 Å². The van der Waals surface area contributed by atoms with Crippen molar-refractivity contribution in [1.82, 2.24) is 30.1 Å². The molecule has 25 heavy (non-hydrogen) atoms. The Morgan fingerprint density at radius 2 is 2.12 bits per heavy atom. The molecule has 0 bridgehead atoms. The predicted molar refractivity (Wildman–Crippen MR) is 86.1 cm³/mol. The number of hydrogen-bond donors (Lipinski definition) is 2. The fourth-order valence-corrected chi connectivity index (χ4v) is 2.40. The molecule has 2 amide bonds. The van der Waals surface area contributed by atoms with E-state index in [1.807, 2.05) is 12.1 Å². The Bertz CT molecular complexity index is 702. The minimum atomic E-state index is -4.21. The average Bonchev–Trinajstić information content (AvgIpc) is 2.94. The molecule has 0 aliphatic heterocycles. The van der Waals surface area contributed by atoms with Crippen LogP contribution in [0.5, 0.6) is 0 Å². The van der Waals surface area contributed by atoms with Gasteiger partial charge in [0.15, 0.2) is 11.5 Å². The van der Waals surface area contributed by atoms with Gasteiger partial charge < -0.3 is 10.6 Å². The third kappa shape index (κ3) is 5.89. The lowest BCUT2D eigenvalue weighted by Crippen LogP contribution is -2.39. The number of pyridine rings is 1. The zero-order chi connectivity index (χ0) is 18.4. The summed E-state index contributed by atoms with van der Waals surface area (Å²) in [6.45, 7) is 1.34. The maximum absolute atomic E-state index is 12.2. The largest absolute Gasteiger partial charge is 0.401 e. The third-order valence-corrected chi connectivity index (χ3v) is 3.53. The lowest BCUT2D eigenvalue weighted by Gasteiger charge is -2.18. The van der Waals surface area contributed by atoms with Crippen molar-refractivity contribution in [2.24, 2.45) is 0 Å². The number of hydrogen-bond acceptors (Lipinski definition) is 4. The second-order valence-corrected chi connectivity index (χ2v) is 5.82. The average molecular weight is 358 g/mol. The zero-order valence-electron chi connectivity index (χ0n) is 14.0. The molecule has 1 atom stereocenters. The van der Waals surface area contributed by atoms with Gasteiger partial charge in [0.05, 0.1) is 12.6 Å². The first kappa shape index (κ1) is 19.0. The van der Waals surface area contributed by atoms with E-state index in [0.717, 1.165) is 0 Å². The van der Waals surface area contributed by atoms with Gasteiger partial charge in [-0.15, -0.1) is 10.2 Å². The number of carbonyl (C=O) groups is 1. The number of alkyl halides is 3. The summed E-state index contributed by atoms with van der Waals surface area (Å²) in [5.41, 5.74) is 0.680. The van der Waals surface area contributed by atoms with Crippen molar-refractivity contribution in [3.05, 3.63) is 30.2 Å². The van der Waals surface area contributed by atoms with Crippen molar-refractivity contribution in [1.29, 1.82) is 0 Å². The maximum atomic E-state index is 12.2. The first-order chi connectivity index (χ1) is 11.8. The van der Waals surface area contributed by atoms with E-state index in [2.05, 4.69) is 20.8 Å². The molecule has 0 aliphatic rings. The van der Waals surface area contributed by atoms with Crippen LogP contribution in [0.3, 0.4) is 0 Å². The number of nitrogens with zero attached hydrogens (tertiary/aromatic N) is 4. The van der Waals surface area contributed by atoms with E-state index >= 15 is 0 Å². The van der Waals surface area contributed by atoms with Crippen molar-refractivity contribution in [3.8, 4) is 0 Å². The summed E-state index contributed by atoms with van der Waals surface area (Å²) in [4.78, 5) is 13.1. The van der Waals surface area contributed by atoms with Crippen LogP contribution in [0.25, 0.3) is 5.65 Å². The van der Waals surface area contributed by atoms with Crippen LogP contribution in [0.1, 0.15) is 25.2 Å². The monoisotopic (exact) mass is 358 g/mol. The highest BCUT2D eigenvalue weighted by molar-refractivity contribution is 5.74. The van der Waals surface area contributed by atoms with Gasteiger partial charge in [-0.2, -0.15) is 13.2 Å². The zero-order valence-corrected chi connectivity index (χ0v) is 14.0. The van der Waals surface area contributed by atoms with Crippen LogP contribution >= 0.6 is 0 Å². The van der Waals surface area contributed by atoms with E-state index in [1.165, 1.54) is 11.9 Å². The minimum absolute atomic E-state index is 0.240. The number of rotatable bonds is 7. The van der Waals surface area contributed by atoms with Gasteiger partial charge in [-0.25, -0.2) is 4.79 Å². The van der Waals surface area contributed by atoms with Gasteiger partial charge >= 0.3 is 12.2 Å². The first-order valence-corrected chi connectivity index (χ1v) is 7.85. The summed E-state index contributed by atoms with van der Waals surface area (Å²) < 4.78 is 38.4. The standard InChI is InChI=1S/C15H21F3N6O/c1-11(13-22-21-12-6-3-4-9-24(12)13)20-14(25)19-7-5-8-23(2)10-15(16,17)18/h3-4,6,9,11H,5,7-8,10H2,1-2H3,(H2,19,20,25). The van der Waals surface area contributed by atoms with Gasteiger partial charge in [0.2, 0.25) is 0 Å². The van der Waals surface area contributed by atoms with Crippen molar-refractivity contribution >= 4 is 11.7 Å². The number of halogens is 3. The molecular weight excluding hydrogens is 337 g/mol. The van der Waals surface area contributed by atoms with Gasteiger partial charge in [0.25, 0.3) is 0 Å². The van der Waals surface area contributed by atoms with Crippen LogP contribution in [-0.4, -0.2) is 58.4 Å². The molecule has 0 aliphatic carbocycles. The summed E-state index contributed by atoms with van der Waals surface area (Å²) in [6.07, 6.45) is -1.99. The smallest absolute Gasteiger partial charge is 0.338 e. The van der Waals surface area contributed by atoms with Gasteiger partial charge in [-0.3, -0.25) is 9.30 Å².